The second-order valence-electron chi connectivity index (χ2n) is 5.25. The Hall–Kier alpha value is -1.93. The van der Waals surface area contributed by atoms with E-state index in [1.165, 1.54) is 11.8 Å². The number of amides is 2. The molecule has 8 heteroatoms. The number of carbonyl (C=O) groups excluding carboxylic acids is 2. The summed E-state index contributed by atoms with van der Waals surface area (Å²) < 4.78 is 4.96. The Morgan fingerprint density at radius 2 is 2.33 bits per heavy atom. The molecule has 0 saturated carbocycles. The average Bonchev–Trinajstić information content (AvgIpc) is 3.02. The van der Waals surface area contributed by atoms with Crippen LogP contribution >= 0.6 is 0 Å². The SMILES string of the molecule is CCc1cc(C(=O)N2C[C@@H](O)[C@](O)(CNC(C)=O)C2)on1. The van der Waals surface area contributed by atoms with Gasteiger partial charge in [0, 0.05) is 13.0 Å². The molecule has 0 spiro atoms. The number of rotatable bonds is 4. The van der Waals surface area contributed by atoms with Crippen LogP contribution in [0.1, 0.15) is 30.1 Å². The molecule has 1 aromatic rings. The molecule has 2 heterocycles. The molecule has 1 fully saturated rings. The molecule has 0 aliphatic carbocycles. The van der Waals surface area contributed by atoms with Gasteiger partial charge in [-0.1, -0.05) is 12.1 Å². The predicted octanol–water partition coefficient (Wildman–Crippen LogP) is -1.08. The maximum atomic E-state index is 12.2. The second-order valence-corrected chi connectivity index (χ2v) is 5.25. The Kier molecular flexibility index (Phi) is 4.29. The van der Waals surface area contributed by atoms with Crippen molar-refractivity contribution in [3.8, 4) is 0 Å². The lowest BCUT2D eigenvalue weighted by Crippen LogP contribution is -2.51. The van der Waals surface area contributed by atoms with Crippen LogP contribution in [0.3, 0.4) is 0 Å². The van der Waals surface area contributed by atoms with Gasteiger partial charge in [0.05, 0.1) is 25.3 Å². The molecule has 1 saturated heterocycles. The van der Waals surface area contributed by atoms with Gasteiger partial charge in [0.1, 0.15) is 11.7 Å². The minimum Gasteiger partial charge on any atom is -0.388 e. The lowest BCUT2D eigenvalue weighted by Gasteiger charge is -2.25. The first-order chi connectivity index (χ1) is 9.85. The molecular weight excluding hydrogens is 278 g/mol. The lowest BCUT2D eigenvalue weighted by atomic mass is 10.0. The number of nitrogens with zero attached hydrogens (tertiary/aromatic N) is 2. The van der Waals surface area contributed by atoms with E-state index in [2.05, 4.69) is 10.5 Å². The van der Waals surface area contributed by atoms with Gasteiger partial charge in [0.25, 0.3) is 5.91 Å². The molecule has 3 N–H and O–H groups in total. The molecule has 2 atom stereocenters. The summed E-state index contributed by atoms with van der Waals surface area (Å²) >= 11 is 0. The maximum Gasteiger partial charge on any atom is 0.292 e. The first-order valence-corrected chi connectivity index (χ1v) is 6.75. The Bertz CT molecular complexity index is 544. The van der Waals surface area contributed by atoms with Crippen LogP contribution in [-0.4, -0.2) is 63.4 Å². The van der Waals surface area contributed by atoms with Crippen LogP contribution in [0.5, 0.6) is 0 Å². The van der Waals surface area contributed by atoms with E-state index in [1.807, 2.05) is 6.92 Å². The fourth-order valence-electron chi connectivity index (χ4n) is 2.22. The Labute approximate surface area is 121 Å². The van der Waals surface area contributed by atoms with E-state index in [0.29, 0.717) is 12.1 Å². The number of aliphatic hydroxyl groups is 2. The Morgan fingerprint density at radius 1 is 1.62 bits per heavy atom. The molecule has 1 aliphatic heterocycles. The zero-order valence-electron chi connectivity index (χ0n) is 12.0. The van der Waals surface area contributed by atoms with Crippen molar-refractivity contribution in [2.24, 2.45) is 0 Å². The Morgan fingerprint density at radius 3 is 2.90 bits per heavy atom. The molecule has 2 rings (SSSR count). The first-order valence-electron chi connectivity index (χ1n) is 6.75. The standard InChI is InChI=1S/C13H19N3O5/c1-3-9-4-10(21-15-9)12(19)16-5-11(18)13(20,7-16)6-14-8(2)17/h4,11,18,20H,3,5-7H2,1-2H3,(H,14,17)/t11-,13+/m1/s1. The van der Waals surface area contributed by atoms with Gasteiger partial charge in [0.15, 0.2) is 0 Å². The number of hydrogen-bond acceptors (Lipinski definition) is 6. The van der Waals surface area contributed by atoms with Crippen LogP contribution in [0.2, 0.25) is 0 Å². The molecule has 0 radical (unpaired) electrons. The van der Waals surface area contributed by atoms with Gasteiger partial charge in [-0.25, -0.2) is 0 Å². The van der Waals surface area contributed by atoms with Crippen LogP contribution < -0.4 is 5.32 Å². The van der Waals surface area contributed by atoms with Crippen LogP contribution in [0, 0.1) is 0 Å². The van der Waals surface area contributed by atoms with Gasteiger partial charge < -0.3 is 25.0 Å². The number of aryl methyl sites for hydroxylation is 1. The third-order valence-electron chi connectivity index (χ3n) is 3.54. The van der Waals surface area contributed by atoms with Crippen molar-refractivity contribution in [2.45, 2.75) is 32.0 Å². The van der Waals surface area contributed by atoms with E-state index in [4.69, 9.17) is 4.52 Å². The quantitative estimate of drug-likeness (QED) is 0.651. The van der Waals surface area contributed by atoms with Crippen molar-refractivity contribution >= 4 is 11.8 Å². The fraction of sp³-hybridized carbons (Fsp3) is 0.615. The van der Waals surface area contributed by atoms with Gasteiger partial charge in [-0.15, -0.1) is 0 Å². The summed E-state index contributed by atoms with van der Waals surface area (Å²) in [7, 11) is 0. The number of aliphatic hydroxyl groups excluding tert-OH is 1. The molecular formula is C13H19N3O5. The minimum atomic E-state index is -1.56. The largest absolute Gasteiger partial charge is 0.388 e. The normalized spacial score (nSPS) is 25.1. The molecule has 0 bridgehead atoms. The van der Waals surface area contributed by atoms with Crippen molar-refractivity contribution in [1.82, 2.24) is 15.4 Å². The van der Waals surface area contributed by atoms with Crippen LogP contribution in [0.25, 0.3) is 0 Å². The summed E-state index contributed by atoms with van der Waals surface area (Å²) in [6.07, 6.45) is -0.492. The summed E-state index contributed by atoms with van der Waals surface area (Å²) in [4.78, 5) is 24.4. The van der Waals surface area contributed by atoms with Crippen LogP contribution in [0.4, 0.5) is 0 Å². The van der Waals surface area contributed by atoms with Gasteiger partial charge >= 0.3 is 0 Å². The van der Waals surface area contributed by atoms with Crippen molar-refractivity contribution in [1.29, 1.82) is 0 Å². The molecule has 116 valence electrons. The van der Waals surface area contributed by atoms with E-state index < -0.39 is 17.6 Å². The van der Waals surface area contributed by atoms with E-state index in [0.717, 1.165) is 0 Å². The highest BCUT2D eigenvalue weighted by Gasteiger charge is 2.46. The van der Waals surface area contributed by atoms with Gasteiger partial charge in [0.2, 0.25) is 11.7 Å². The first kappa shape index (κ1) is 15.5. The summed E-state index contributed by atoms with van der Waals surface area (Å²) in [6.45, 7) is 2.96. The Balaban J connectivity index is 2.05. The molecule has 0 aromatic carbocycles. The van der Waals surface area contributed by atoms with Crippen molar-refractivity contribution in [3.05, 3.63) is 17.5 Å². The molecule has 8 nitrogen and oxygen atoms in total. The van der Waals surface area contributed by atoms with Crippen molar-refractivity contribution < 1.29 is 24.3 Å². The molecule has 0 unspecified atom stereocenters. The smallest absolute Gasteiger partial charge is 0.292 e. The molecule has 1 aliphatic rings. The third-order valence-corrected chi connectivity index (χ3v) is 3.54. The van der Waals surface area contributed by atoms with E-state index in [1.54, 1.807) is 6.07 Å². The highest BCUT2D eigenvalue weighted by atomic mass is 16.5. The number of nitrogens with one attached hydrogen (secondary N) is 1. The zero-order valence-corrected chi connectivity index (χ0v) is 12.0. The van der Waals surface area contributed by atoms with E-state index in [9.17, 15) is 19.8 Å². The summed E-state index contributed by atoms with van der Waals surface area (Å²) in [5.74, 6) is -0.689. The number of hydrogen-bond donors (Lipinski definition) is 3. The van der Waals surface area contributed by atoms with Crippen LogP contribution in [-0.2, 0) is 11.2 Å². The highest BCUT2D eigenvalue weighted by molar-refractivity contribution is 5.91. The maximum absolute atomic E-state index is 12.2. The van der Waals surface area contributed by atoms with Gasteiger partial charge in [-0.3, -0.25) is 9.59 Å². The fourth-order valence-corrected chi connectivity index (χ4v) is 2.22. The number of aromatic nitrogens is 1. The summed E-state index contributed by atoms with van der Waals surface area (Å²) in [6, 6.07) is 1.54. The van der Waals surface area contributed by atoms with Gasteiger partial charge in [-0.05, 0) is 6.42 Å². The third kappa shape index (κ3) is 3.22. The molecule has 21 heavy (non-hydrogen) atoms. The van der Waals surface area contributed by atoms with E-state index >= 15 is 0 Å². The number of carbonyl (C=O) groups is 2. The zero-order chi connectivity index (χ0) is 15.6. The van der Waals surface area contributed by atoms with Gasteiger partial charge in [-0.2, -0.15) is 0 Å². The molecule has 1 aromatic heterocycles. The molecule has 2 amide bonds. The summed E-state index contributed by atoms with van der Waals surface area (Å²) in [5.41, 5.74) is -0.902. The van der Waals surface area contributed by atoms with E-state index in [-0.39, 0.29) is 31.3 Å². The topological polar surface area (TPSA) is 116 Å². The summed E-state index contributed by atoms with van der Waals surface area (Å²) in [5, 5.41) is 26.4. The number of likely N-dealkylation sites (tertiary alicyclic amines) is 1. The predicted molar refractivity (Wildman–Crippen MR) is 71.4 cm³/mol. The second kappa shape index (κ2) is 5.82. The van der Waals surface area contributed by atoms with Crippen molar-refractivity contribution in [2.75, 3.05) is 19.6 Å². The van der Waals surface area contributed by atoms with Crippen molar-refractivity contribution in [3.63, 3.8) is 0 Å². The lowest BCUT2D eigenvalue weighted by molar-refractivity contribution is -0.121. The minimum absolute atomic E-state index is 0.0307. The number of β-amino-alcohol motifs (C(OH)–C–C–N with tert-alkyl or cyclic N) is 2. The highest BCUT2D eigenvalue weighted by Crippen LogP contribution is 2.23. The van der Waals surface area contributed by atoms with Crippen LogP contribution in [0.15, 0.2) is 10.6 Å². The average molecular weight is 297 g/mol. The monoisotopic (exact) mass is 297 g/mol.